The van der Waals surface area contributed by atoms with Gasteiger partial charge in [-0.05, 0) is 37.3 Å². The first-order chi connectivity index (χ1) is 12.3. The van der Waals surface area contributed by atoms with E-state index in [1.165, 1.54) is 53.8 Å². The van der Waals surface area contributed by atoms with Crippen molar-refractivity contribution in [2.24, 2.45) is 0 Å². The first-order valence-electron chi connectivity index (χ1n) is 7.46. The van der Waals surface area contributed by atoms with Gasteiger partial charge in [0.15, 0.2) is 5.13 Å². The van der Waals surface area contributed by atoms with Crippen LogP contribution in [0.5, 0.6) is 0 Å². The molecular weight excluding hydrogens is 377 g/mol. The number of carbonyl (C=O) groups excluding carboxylic acids is 1. The molecule has 0 atom stereocenters. The molecular formula is C17H14FN3O3S2. The number of benzene rings is 2. The van der Waals surface area contributed by atoms with Crippen LogP contribution in [0.3, 0.4) is 0 Å². The van der Waals surface area contributed by atoms with Gasteiger partial charge in [-0.2, -0.15) is 0 Å². The second-order valence-electron chi connectivity index (χ2n) is 5.34. The summed E-state index contributed by atoms with van der Waals surface area (Å²) in [4.78, 5) is 17.1. The summed E-state index contributed by atoms with van der Waals surface area (Å²) in [5.41, 5.74) is -0.0186. The highest BCUT2D eigenvalue weighted by Crippen LogP contribution is 2.21. The normalized spacial score (nSPS) is 11.2. The number of aromatic nitrogens is 1. The topological polar surface area (TPSA) is 88.2 Å². The minimum Gasteiger partial charge on any atom is -0.298 e. The smallest absolute Gasteiger partial charge is 0.262 e. The van der Waals surface area contributed by atoms with Crippen LogP contribution in [0, 0.1) is 12.7 Å². The van der Waals surface area contributed by atoms with Crippen LogP contribution in [0.4, 0.5) is 15.2 Å². The Labute approximate surface area is 153 Å². The van der Waals surface area contributed by atoms with Gasteiger partial charge in [0.2, 0.25) is 0 Å². The predicted octanol–water partition coefficient (Wildman–Crippen LogP) is 3.64. The molecule has 3 aromatic rings. The number of rotatable bonds is 5. The highest BCUT2D eigenvalue weighted by Gasteiger charge is 2.18. The van der Waals surface area contributed by atoms with Gasteiger partial charge in [-0.25, -0.2) is 17.8 Å². The highest BCUT2D eigenvalue weighted by molar-refractivity contribution is 7.92. The van der Waals surface area contributed by atoms with Crippen molar-refractivity contribution < 1.29 is 17.6 Å². The van der Waals surface area contributed by atoms with Gasteiger partial charge in [0.25, 0.3) is 15.9 Å². The highest BCUT2D eigenvalue weighted by atomic mass is 32.2. The van der Waals surface area contributed by atoms with Crippen LogP contribution in [-0.4, -0.2) is 19.3 Å². The lowest BCUT2D eigenvalue weighted by Crippen LogP contribution is -2.16. The zero-order valence-electron chi connectivity index (χ0n) is 13.6. The molecule has 2 aromatic carbocycles. The van der Waals surface area contributed by atoms with Crippen molar-refractivity contribution in [2.75, 3.05) is 10.0 Å². The molecule has 0 saturated carbocycles. The summed E-state index contributed by atoms with van der Waals surface area (Å²) in [7, 11) is -4.04. The van der Waals surface area contributed by atoms with Gasteiger partial charge in [0.05, 0.1) is 10.6 Å². The lowest BCUT2D eigenvalue weighted by atomic mass is 10.2. The van der Waals surface area contributed by atoms with Crippen LogP contribution in [0.2, 0.25) is 0 Å². The Bertz CT molecular complexity index is 1060. The van der Waals surface area contributed by atoms with Crippen LogP contribution in [0.15, 0.2) is 59.6 Å². The minimum absolute atomic E-state index is 0.147. The molecule has 0 bridgehead atoms. The van der Waals surface area contributed by atoms with Crippen molar-refractivity contribution in [3.8, 4) is 0 Å². The molecule has 134 valence electrons. The first-order valence-corrected chi connectivity index (χ1v) is 9.76. The number of carbonyl (C=O) groups is 1. The Morgan fingerprint density at radius 2 is 1.92 bits per heavy atom. The zero-order valence-corrected chi connectivity index (χ0v) is 15.2. The number of thiazole rings is 1. The van der Waals surface area contributed by atoms with Gasteiger partial charge in [0.1, 0.15) is 5.82 Å². The Hall–Kier alpha value is -2.78. The van der Waals surface area contributed by atoms with Crippen molar-refractivity contribution in [3.05, 3.63) is 71.0 Å². The predicted molar refractivity (Wildman–Crippen MR) is 98.5 cm³/mol. The number of hydrogen-bond donors (Lipinski definition) is 2. The summed E-state index contributed by atoms with van der Waals surface area (Å²) in [5, 5.41) is 3.03. The summed E-state index contributed by atoms with van der Waals surface area (Å²) in [6, 6.07) is 10.9. The Balaban J connectivity index is 1.84. The van der Waals surface area contributed by atoms with E-state index in [-0.39, 0.29) is 16.1 Å². The van der Waals surface area contributed by atoms with E-state index in [2.05, 4.69) is 15.0 Å². The third kappa shape index (κ3) is 4.06. The van der Waals surface area contributed by atoms with E-state index >= 15 is 0 Å². The summed E-state index contributed by atoms with van der Waals surface area (Å²) >= 11 is 1.31. The molecule has 0 saturated heterocycles. The van der Waals surface area contributed by atoms with E-state index in [1.807, 2.05) is 6.92 Å². The summed E-state index contributed by atoms with van der Waals surface area (Å²) in [6.45, 7) is 1.86. The van der Waals surface area contributed by atoms with E-state index in [0.717, 1.165) is 10.9 Å². The fraction of sp³-hybridized carbons (Fsp3) is 0.0588. The van der Waals surface area contributed by atoms with Gasteiger partial charge < -0.3 is 0 Å². The molecule has 6 nitrogen and oxygen atoms in total. The van der Waals surface area contributed by atoms with E-state index in [9.17, 15) is 17.6 Å². The first kappa shape index (κ1) is 18.0. The number of anilines is 2. The molecule has 0 aliphatic rings. The van der Waals surface area contributed by atoms with Gasteiger partial charge in [-0.1, -0.05) is 18.2 Å². The molecule has 3 rings (SSSR count). The Morgan fingerprint density at radius 3 is 2.62 bits per heavy atom. The monoisotopic (exact) mass is 391 g/mol. The summed E-state index contributed by atoms with van der Waals surface area (Å²) in [5.74, 6) is -1.17. The molecule has 1 amide bonds. The third-order valence-electron chi connectivity index (χ3n) is 3.37. The zero-order chi connectivity index (χ0) is 18.7. The SMILES string of the molecule is Cc1cnc(NC(=O)c2cccc(S(=O)(=O)Nc3ccccc3F)c2)s1. The lowest BCUT2D eigenvalue weighted by Gasteiger charge is -2.10. The molecule has 1 aromatic heterocycles. The van der Waals surface area contributed by atoms with Crippen molar-refractivity contribution in [3.63, 3.8) is 0 Å². The number of halogens is 1. The second-order valence-corrected chi connectivity index (χ2v) is 8.26. The molecule has 0 unspecified atom stereocenters. The Kier molecular flexibility index (Phi) is 5.01. The molecule has 26 heavy (non-hydrogen) atoms. The molecule has 0 spiro atoms. The van der Waals surface area contributed by atoms with E-state index in [4.69, 9.17) is 0 Å². The maximum atomic E-state index is 13.7. The van der Waals surface area contributed by atoms with Crippen LogP contribution in [-0.2, 0) is 10.0 Å². The molecule has 0 fully saturated rings. The third-order valence-corrected chi connectivity index (χ3v) is 5.56. The minimum atomic E-state index is -4.04. The fourth-order valence-electron chi connectivity index (χ4n) is 2.13. The molecule has 1 heterocycles. The molecule has 0 aliphatic carbocycles. The quantitative estimate of drug-likeness (QED) is 0.695. The van der Waals surface area contributed by atoms with E-state index in [0.29, 0.717) is 5.13 Å². The number of amides is 1. The number of para-hydroxylation sites is 1. The summed E-state index contributed by atoms with van der Waals surface area (Å²) < 4.78 is 40.8. The maximum absolute atomic E-state index is 13.7. The van der Waals surface area contributed by atoms with Gasteiger partial charge in [-0.15, -0.1) is 11.3 Å². The Morgan fingerprint density at radius 1 is 1.15 bits per heavy atom. The van der Waals surface area contributed by atoms with E-state index < -0.39 is 21.7 Å². The molecule has 0 aliphatic heterocycles. The van der Waals surface area contributed by atoms with Crippen LogP contribution in [0.25, 0.3) is 0 Å². The van der Waals surface area contributed by atoms with Crippen LogP contribution in [0.1, 0.15) is 15.2 Å². The largest absolute Gasteiger partial charge is 0.298 e. The number of nitrogens with zero attached hydrogens (tertiary/aromatic N) is 1. The van der Waals surface area contributed by atoms with Crippen molar-refractivity contribution >= 4 is 38.1 Å². The number of hydrogen-bond acceptors (Lipinski definition) is 5. The molecule has 9 heteroatoms. The molecule has 0 radical (unpaired) electrons. The van der Waals surface area contributed by atoms with Crippen molar-refractivity contribution in [1.29, 1.82) is 0 Å². The average molecular weight is 391 g/mol. The number of nitrogens with one attached hydrogen (secondary N) is 2. The maximum Gasteiger partial charge on any atom is 0.262 e. The van der Waals surface area contributed by atoms with Crippen LogP contribution < -0.4 is 10.0 Å². The van der Waals surface area contributed by atoms with E-state index in [1.54, 1.807) is 6.20 Å². The molecule has 2 N–H and O–H groups in total. The average Bonchev–Trinajstić information content (AvgIpc) is 3.02. The lowest BCUT2D eigenvalue weighted by molar-refractivity contribution is 0.102. The number of sulfonamides is 1. The second kappa shape index (κ2) is 7.22. The van der Waals surface area contributed by atoms with Crippen LogP contribution >= 0.6 is 11.3 Å². The standard InChI is InChI=1S/C17H14FN3O3S2/c1-11-10-19-17(25-11)20-16(22)12-5-4-6-13(9-12)26(23,24)21-15-8-3-2-7-14(15)18/h2-10,21H,1H3,(H,19,20,22). The van der Waals surface area contributed by atoms with Gasteiger partial charge in [-0.3, -0.25) is 14.8 Å². The van der Waals surface area contributed by atoms with Crippen molar-refractivity contribution in [1.82, 2.24) is 4.98 Å². The summed E-state index contributed by atoms with van der Waals surface area (Å²) in [6.07, 6.45) is 1.62. The fourth-order valence-corrected chi connectivity index (χ4v) is 3.91. The van der Waals surface area contributed by atoms with Crippen molar-refractivity contribution in [2.45, 2.75) is 11.8 Å². The van der Waals surface area contributed by atoms with Gasteiger partial charge in [0, 0.05) is 16.6 Å². The van der Waals surface area contributed by atoms with Gasteiger partial charge >= 0.3 is 0 Å². The number of aryl methyl sites for hydroxylation is 1.